The Bertz CT molecular complexity index is 731. The Morgan fingerprint density at radius 3 is 2.11 bits per heavy atom. The smallest absolute Gasteiger partial charge is 0.246 e. The molecule has 0 bridgehead atoms. The number of ether oxygens (including phenoxy) is 3. The third-order valence-electron chi connectivity index (χ3n) is 4.40. The number of halogens is 1. The lowest BCUT2D eigenvalue weighted by molar-refractivity contribution is -0.135. The number of nitrogens with two attached hydrogens (primary N) is 1. The Kier molecular flexibility index (Phi) is 9.09. The van der Waals surface area contributed by atoms with Gasteiger partial charge in [-0.25, -0.2) is 0 Å². The van der Waals surface area contributed by atoms with Gasteiger partial charge in [-0.15, -0.1) is 12.4 Å². The molecule has 154 valence electrons. The van der Waals surface area contributed by atoms with Crippen LogP contribution in [0.1, 0.15) is 18.9 Å². The average molecular weight is 409 g/mol. The fourth-order valence-corrected chi connectivity index (χ4v) is 2.76. The SMILES string of the molecule is COc1cc(OC)cc(OCCCN(C)C(=O)C(C)(N)c2ccccc2)c1.Cl. The van der Waals surface area contributed by atoms with Crippen LogP contribution in [-0.4, -0.2) is 45.2 Å². The Morgan fingerprint density at radius 1 is 1.04 bits per heavy atom. The summed E-state index contributed by atoms with van der Waals surface area (Å²) in [4.78, 5) is 14.4. The van der Waals surface area contributed by atoms with Gasteiger partial charge in [-0.1, -0.05) is 30.3 Å². The zero-order chi connectivity index (χ0) is 19.9. The van der Waals surface area contributed by atoms with E-state index >= 15 is 0 Å². The molecule has 0 aromatic heterocycles. The largest absolute Gasteiger partial charge is 0.496 e. The summed E-state index contributed by atoms with van der Waals surface area (Å²) in [5.74, 6) is 1.86. The molecule has 1 amide bonds. The van der Waals surface area contributed by atoms with E-state index in [1.807, 2.05) is 30.3 Å². The van der Waals surface area contributed by atoms with Crippen LogP contribution in [-0.2, 0) is 10.3 Å². The third-order valence-corrected chi connectivity index (χ3v) is 4.40. The zero-order valence-electron chi connectivity index (χ0n) is 16.8. The number of methoxy groups -OCH3 is 2. The van der Waals surface area contributed by atoms with Crippen LogP contribution in [0.4, 0.5) is 0 Å². The number of benzene rings is 2. The summed E-state index contributed by atoms with van der Waals surface area (Å²) >= 11 is 0. The summed E-state index contributed by atoms with van der Waals surface area (Å²) in [6.45, 7) is 2.74. The molecule has 0 aliphatic carbocycles. The van der Waals surface area contributed by atoms with Gasteiger partial charge in [0.1, 0.15) is 22.8 Å². The first-order valence-corrected chi connectivity index (χ1v) is 8.84. The zero-order valence-corrected chi connectivity index (χ0v) is 17.6. The van der Waals surface area contributed by atoms with Gasteiger partial charge in [0.15, 0.2) is 0 Å². The number of hydrogen-bond donors (Lipinski definition) is 1. The lowest BCUT2D eigenvalue weighted by Crippen LogP contribution is -2.50. The topological polar surface area (TPSA) is 74.0 Å². The van der Waals surface area contributed by atoms with Crippen LogP contribution in [0.3, 0.4) is 0 Å². The van der Waals surface area contributed by atoms with Crippen LogP contribution in [0.5, 0.6) is 17.2 Å². The van der Waals surface area contributed by atoms with Crippen molar-refractivity contribution in [3.63, 3.8) is 0 Å². The molecule has 0 spiro atoms. The van der Waals surface area contributed by atoms with Gasteiger partial charge in [0, 0.05) is 31.8 Å². The van der Waals surface area contributed by atoms with Gasteiger partial charge < -0.3 is 24.8 Å². The molecular weight excluding hydrogens is 380 g/mol. The average Bonchev–Trinajstić information content (AvgIpc) is 2.70. The second kappa shape index (κ2) is 10.8. The molecule has 2 aromatic carbocycles. The van der Waals surface area contributed by atoms with E-state index in [4.69, 9.17) is 19.9 Å². The van der Waals surface area contributed by atoms with Crippen LogP contribution < -0.4 is 19.9 Å². The number of amides is 1. The number of nitrogens with zero attached hydrogens (tertiary/aromatic N) is 1. The minimum Gasteiger partial charge on any atom is -0.496 e. The highest BCUT2D eigenvalue weighted by molar-refractivity contribution is 5.86. The molecule has 7 heteroatoms. The molecule has 2 N–H and O–H groups in total. The monoisotopic (exact) mass is 408 g/mol. The van der Waals surface area contributed by atoms with Crippen molar-refractivity contribution in [3.8, 4) is 17.2 Å². The molecule has 2 rings (SSSR count). The number of likely N-dealkylation sites (N-methyl/N-ethyl adjacent to an activating group) is 1. The highest BCUT2D eigenvalue weighted by Gasteiger charge is 2.32. The summed E-state index contributed by atoms with van der Waals surface area (Å²) in [6, 6.07) is 14.8. The number of carbonyl (C=O) groups is 1. The van der Waals surface area contributed by atoms with Crippen LogP contribution in [0, 0.1) is 0 Å². The van der Waals surface area contributed by atoms with Crippen molar-refractivity contribution in [2.45, 2.75) is 18.9 Å². The third kappa shape index (κ3) is 6.04. The van der Waals surface area contributed by atoms with Crippen LogP contribution in [0.2, 0.25) is 0 Å². The highest BCUT2D eigenvalue weighted by atomic mass is 35.5. The lowest BCUT2D eigenvalue weighted by Gasteiger charge is -2.29. The van der Waals surface area contributed by atoms with Crippen LogP contribution in [0.15, 0.2) is 48.5 Å². The fourth-order valence-electron chi connectivity index (χ4n) is 2.76. The van der Waals surface area contributed by atoms with Gasteiger partial charge in [0.2, 0.25) is 5.91 Å². The van der Waals surface area contributed by atoms with Crippen molar-refractivity contribution in [3.05, 3.63) is 54.1 Å². The lowest BCUT2D eigenvalue weighted by atomic mass is 9.92. The molecule has 1 atom stereocenters. The van der Waals surface area contributed by atoms with Crippen molar-refractivity contribution in [2.75, 3.05) is 34.4 Å². The summed E-state index contributed by atoms with van der Waals surface area (Å²) in [5, 5.41) is 0. The maximum absolute atomic E-state index is 12.7. The van der Waals surface area contributed by atoms with E-state index in [2.05, 4.69) is 0 Å². The number of carbonyl (C=O) groups excluding carboxylic acids is 1. The first-order valence-electron chi connectivity index (χ1n) is 8.84. The van der Waals surface area contributed by atoms with E-state index in [-0.39, 0.29) is 18.3 Å². The van der Waals surface area contributed by atoms with Crippen molar-refractivity contribution in [1.82, 2.24) is 4.90 Å². The molecule has 28 heavy (non-hydrogen) atoms. The van der Waals surface area contributed by atoms with Gasteiger partial charge >= 0.3 is 0 Å². The number of rotatable bonds is 9. The van der Waals surface area contributed by atoms with E-state index in [0.717, 1.165) is 5.56 Å². The molecule has 0 fully saturated rings. The van der Waals surface area contributed by atoms with Crippen LogP contribution in [0.25, 0.3) is 0 Å². The summed E-state index contributed by atoms with van der Waals surface area (Å²) in [6.07, 6.45) is 0.673. The summed E-state index contributed by atoms with van der Waals surface area (Å²) < 4.78 is 16.2. The Hall–Kier alpha value is -2.44. The summed E-state index contributed by atoms with van der Waals surface area (Å²) in [7, 11) is 4.94. The quantitative estimate of drug-likeness (QED) is 0.645. The predicted molar refractivity (Wildman–Crippen MR) is 113 cm³/mol. The Labute approximate surface area is 173 Å². The van der Waals surface area contributed by atoms with E-state index in [0.29, 0.717) is 36.8 Å². The van der Waals surface area contributed by atoms with E-state index in [1.165, 1.54) is 0 Å². The highest BCUT2D eigenvalue weighted by Crippen LogP contribution is 2.27. The van der Waals surface area contributed by atoms with Gasteiger partial charge in [0.05, 0.1) is 20.8 Å². The van der Waals surface area contributed by atoms with Gasteiger partial charge in [-0.05, 0) is 18.9 Å². The Morgan fingerprint density at radius 2 is 1.57 bits per heavy atom. The Balaban J connectivity index is 0.00000392. The van der Waals surface area contributed by atoms with E-state index < -0.39 is 5.54 Å². The van der Waals surface area contributed by atoms with Gasteiger partial charge in [-0.3, -0.25) is 4.79 Å². The maximum atomic E-state index is 12.7. The standard InChI is InChI=1S/C21H28N2O4.ClH/c1-21(22,16-9-6-5-7-10-16)20(24)23(2)11-8-12-27-19-14-17(25-3)13-18(15-19)26-4;/h5-7,9-10,13-15H,8,11-12,22H2,1-4H3;1H. The van der Waals surface area contributed by atoms with Crippen molar-refractivity contribution in [1.29, 1.82) is 0 Å². The van der Waals surface area contributed by atoms with Gasteiger partial charge in [-0.2, -0.15) is 0 Å². The van der Waals surface area contributed by atoms with E-state index in [9.17, 15) is 4.79 Å². The molecule has 0 radical (unpaired) electrons. The van der Waals surface area contributed by atoms with Crippen molar-refractivity contribution < 1.29 is 19.0 Å². The minimum atomic E-state index is -1.06. The summed E-state index contributed by atoms with van der Waals surface area (Å²) in [5.41, 5.74) is 6.03. The second-order valence-corrected chi connectivity index (χ2v) is 6.55. The molecule has 1 unspecified atom stereocenters. The number of hydrogen-bond acceptors (Lipinski definition) is 5. The van der Waals surface area contributed by atoms with Crippen molar-refractivity contribution in [2.24, 2.45) is 5.73 Å². The van der Waals surface area contributed by atoms with E-state index in [1.54, 1.807) is 51.3 Å². The van der Waals surface area contributed by atoms with Gasteiger partial charge in [0.25, 0.3) is 0 Å². The van der Waals surface area contributed by atoms with Crippen molar-refractivity contribution >= 4 is 18.3 Å². The van der Waals surface area contributed by atoms with Crippen LogP contribution >= 0.6 is 12.4 Å². The molecule has 0 aliphatic heterocycles. The molecule has 0 saturated heterocycles. The fraction of sp³-hybridized carbons (Fsp3) is 0.381. The normalized spacial score (nSPS) is 12.3. The predicted octanol–water partition coefficient (Wildman–Crippen LogP) is 3.23. The first-order chi connectivity index (χ1) is 12.9. The minimum absolute atomic E-state index is 0. The molecule has 2 aromatic rings. The molecule has 6 nitrogen and oxygen atoms in total. The maximum Gasteiger partial charge on any atom is 0.246 e. The molecule has 0 saturated carbocycles. The molecule has 0 heterocycles. The molecular formula is C21H29ClN2O4. The first kappa shape index (κ1) is 23.6. The molecule has 0 aliphatic rings. The second-order valence-electron chi connectivity index (χ2n) is 6.55.